The number of carboxylic acids is 1. The molecule has 1 atom stereocenters. The first-order valence-corrected chi connectivity index (χ1v) is 9.65. The van der Waals surface area contributed by atoms with Gasteiger partial charge in [0.05, 0.1) is 12.5 Å². The van der Waals surface area contributed by atoms with Crippen LogP contribution in [0.15, 0.2) is 48.5 Å². The molecule has 2 aromatic carbocycles. The monoisotopic (exact) mass is 412 g/mol. The molecule has 1 aliphatic rings. The van der Waals surface area contributed by atoms with Crippen LogP contribution in [-0.4, -0.2) is 41.8 Å². The minimum absolute atomic E-state index is 0.0593. The van der Waals surface area contributed by atoms with Crippen molar-refractivity contribution in [2.24, 2.45) is 0 Å². The van der Waals surface area contributed by atoms with Crippen molar-refractivity contribution in [3.63, 3.8) is 0 Å². The Morgan fingerprint density at radius 1 is 1.00 bits per heavy atom. The zero-order chi connectivity index (χ0) is 21.7. The third-order valence-electron chi connectivity index (χ3n) is 4.73. The summed E-state index contributed by atoms with van der Waals surface area (Å²) >= 11 is 0. The van der Waals surface area contributed by atoms with Crippen molar-refractivity contribution in [1.82, 2.24) is 10.8 Å². The van der Waals surface area contributed by atoms with E-state index in [-0.39, 0.29) is 18.6 Å². The highest BCUT2D eigenvalue weighted by Crippen LogP contribution is 2.44. The molecule has 8 nitrogen and oxygen atoms in total. The number of amides is 2. The van der Waals surface area contributed by atoms with Crippen LogP contribution in [-0.2, 0) is 19.2 Å². The summed E-state index contributed by atoms with van der Waals surface area (Å²) in [6.45, 7) is 3.46. The molecule has 0 aromatic heterocycles. The number of fused-ring (bicyclic) bond motifs is 3. The smallest absolute Gasteiger partial charge is 0.407 e. The van der Waals surface area contributed by atoms with Gasteiger partial charge in [-0.2, -0.15) is 0 Å². The van der Waals surface area contributed by atoms with E-state index >= 15 is 0 Å². The molecule has 1 unspecified atom stereocenters. The maximum atomic E-state index is 12.3. The molecule has 30 heavy (non-hydrogen) atoms. The van der Waals surface area contributed by atoms with Gasteiger partial charge in [-0.05, 0) is 36.1 Å². The van der Waals surface area contributed by atoms with Crippen molar-refractivity contribution < 1.29 is 29.1 Å². The Hall–Kier alpha value is -3.39. The lowest BCUT2D eigenvalue weighted by atomic mass is 9.98. The van der Waals surface area contributed by atoms with Crippen LogP contribution in [0, 0.1) is 0 Å². The van der Waals surface area contributed by atoms with Crippen molar-refractivity contribution in [2.45, 2.75) is 38.3 Å². The second kappa shape index (κ2) is 9.41. The molecule has 2 amide bonds. The maximum absolute atomic E-state index is 12.3. The predicted molar refractivity (Wildman–Crippen MR) is 109 cm³/mol. The Balaban J connectivity index is 1.65. The summed E-state index contributed by atoms with van der Waals surface area (Å²) < 4.78 is 5.36. The number of rotatable bonds is 8. The Morgan fingerprint density at radius 3 is 2.10 bits per heavy atom. The molecule has 3 N–H and O–H groups in total. The highest BCUT2D eigenvalue weighted by Gasteiger charge is 2.30. The van der Waals surface area contributed by atoms with Crippen molar-refractivity contribution in [3.8, 4) is 11.1 Å². The highest BCUT2D eigenvalue weighted by atomic mass is 16.7. The molecule has 0 bridgehead atoms. The number of carbonyl (C=O) groups excluding carboxylic acids is 2. The summed E-state index contributed by atoms with van der Waals surface area (Å²) in [5, 5.41) is 11.3. The Kier molecular flexibility index (Phi) is 6.68. The number of carbonyl (C=O) groups is 3. The molecule has 0 heterocycles. The molecule has 0 saturated carbocycles. The van der Waals surface area contributed by atoms with Crippen molar-refractivity contribution in [3.05, 3.63) is 59.7 Å². The van der Waals surface area contributed by atoms with Crippen LogP contribution < -0.4 is 10.8 Å². The van der Waals surface area contributed by atoms with Crippen LogP contribution in [0.25, 0.3) is 11.1 Å². The van der Waals surface area contributed by atoms with Gasteiger partial charge in [0.1, 0.15) is 12.6 Å². The second-order valence-electron chi connectivity index (χ2n) is 7.25. The van der Waals surface area contributed by atoms with Crippen molar-refractivity contribution >= 4 is 18.0 Å². The van der Waals surface area contributed by atoms with Crippen molar-refractivity contribution in [2.75, 3.05) is 6.61 Å². The number of nitrogens with one attached hydrogen (secondary N) is 2. The normalized spacial score (nSPS) is 13.3. The molecule has 0 fully saturated rings. The summed E-state index contributed by atoms with van der Waals surface area (Å²) in [5.41, 5.74) is 6.44. The zero-order valence-corrected chi connectivity index (χ0v) is 16.8. The van der Waals surface area contributed by atoms with Gasteiger partial charge in [0.25, 0.3) is 5.91 Å². The van der Waals surface area contributed by atoms with Gasteiger partial charge in [-0.3, -0.25) is 14.4 Å². The molecule has 2 aromatic rings. The number of alkyl carbamates (subject to hydrolysis) is 1. The number of ether oxygens (including phenoxy) is 1. The molecule has 158 valence electrons. The molecule has 8 heteroatoms. The first kappa shape index (κ1) is 21.3. The molecule has 3 rings (SSSR count). The van der Waals surface area contributed by atoms with Crippen LogP contribution in [0.5, 0.6) is 0 Å². The van der Waals surface area contributed by atoms with E-state index in [0.29, 0.717) is 0 Å². The van der Waals surface area contributed by atoms with Gasteiger partial charge in [0.2, 0.25) is 0 Å². The average molecular weight is 412 g/mol. The van der Waals surface area contributed by atoms with Gasteiger partial charge in [0.15, 0.2) is 0 Å². The summed E-state index contributed by atoms with van der Waals surface area (Å²) in [5.74, 6) is -2.14. The molecule has 0 aliphatic heterocycles. The fourth-order valence-electron chi connectivity index (χ4n) is 3.41. The topological polar surface area (TPSA) is 114 Å². The van der Waals surface area contributed by atoms with Gasteiger partial charge < -0.3 is 15.2 Å². The third kappa shape index (κ3) is 4.96. The minimum atomic E-state index is -1.32. The number of hydrogen-bond donors (Lipinski definition) is 3. The molecule has 0 saturated heterocycles. The van der Waals surface area contributed by atoms with Crippen molar-refractivity contribution in [1.29, 1.82) is 0 Å². The summed E-state index contributed by atoms with van der Waals surface area (Å²) in [6.07, 6.45) is -1.77. The molecular formula is C22H24N2O6. The summed E-state index contributed by atoms with van der Waals surface area (Å²) in [6, 6.07) is 14.5. The van der Waals surface area contributed by atoms with Crippen LogP contribution in [0.2, 0.25) is 0 Å². The van der Waals surface area contributed by atoms with Gasteiger partial charge in [-0.25, -0.2) is 10.3 Å². The Bertz CT molecular complexity index is 897. The fraction of sp³-hybridized carbons (Fsp3) is 0.318. The van der Waals surface area contributed by atoms with Gasteiger partial charge in [0, 0.05) is 5.92 Å². The summed E-state index contributed by atoms with van der Waals surface area (Å²) in [7, 11) is 0. The maximum Gasteiger partial charge on any atom is 0.407 e. The van der Waals surface area contributed by atoms with E-state index in [1.165, 1.54) is 0 Å². The average Bonchev–Trinajstić information content (AvgIpc) is 3.03. The number of aliphatic carboxylic acids is 1. The Labute approximate surface area is 174 Å². The standard InChI is InChI=1S/C22H24N2O6/c1-13(2)30-24-21(27)19(11-20(25)26)23-22(28)29-12-18-16-9-5-3-7-14(16)15-8-4-6-10-17(15)18/h3-10,13,18-19H,11-12H2,1-2H3,(H,23,28)(H,24,27)(H,25,26). The van der Waals surface area contributed by atoms with Gasteiger partial charge >= 0.3 is 12.1 Å². The Morgan fingerprint density at radius 2 is 1.57 bits per heavy atom. The fourth-order valence-corrected chi connectivity index (χ4v) is 3.41. The van der Waals surface area contributed by atoms with Gasteiger partial charge in [-0.1, -0.05) is 48.5 Å². The highest BCUT2D eigenvalue weighted by molar-refractivity contribution is 5.88. The lowest BCUT2D eigenvalue weighted by Crippen LogP contribution is -2.48. The molecule has 0 spiro atoms. The van der Waals surface area contributed by atoms with Gasteiger partial charge in [-0.15, -0.1) is 0 Å². The van der Waals surface area contributed by atoms with E-state index in [0.717, 1.165) is 22.3 Å². The second-order valence-corrected chi connectivity index (χ2v) is 7.25. The molecule has 1 aliphatic carbocycles. The van der Waals surface area contributed by atoms with E-state index in [2.05, 4.69) is 10.8 Å². The number of hydrogen-bond acceptors (Lipinski definition) is 5. The van der Waals surface area contributed by atoms with Crippen LogP contribution in [0.4, 0.5) is 4.79 Å². The first-order valence-electron chi connectivity index (χ1n) is 9.65. The van der Waals surface area contributed by atoms with E-state index in [9.17, 15) is 14.4 Å². The lowest BCUT2D eigenvalue weighted by Gasteiger charge is -2.19. The third-order valence-corrected chi connectivity index (χ3v) is 4.73. The predicted octanol–water partition coefficient (Wildman–Crippen LogP) is 2.82. The van der Waals surface area contributed by atoms with Crippen LogP contribution in [0.1, 0.15) is 37.3 Å². The molecule has 0 radical (unpaired) electrons. The quantitative estimate of drug-likeness (QED) is 0.575. The van der Waals surface area contributed by atoms with E-state index in [1.807, 2.05) is 48.5 Å². The van der Waals surface area contributed by atoms with E-state index in [4.69, 9.17) is 14.7 Å². The van der Waals surface area contributed by atoms with Crippen LogP contribution in [0.3, 0.4) is 0 Å². The zero-order valence-electron chi connectivity index (χ0n) is 16.8. The van der Waals surface area contributed by atoms with E-state index < -0.39 is 30.4 Å². The number of hydroxylamine groups is 1. The molecular weight excluding hydrogens is 388 g/mol. The largest absolute Gasteiger partial charge is 0.481 e. The first-order chi connectivity index (χ1) is 14.4. The summed E-state index contributed by atoms with van der Waals surface area (Å²) in [4.78, 5) is 40.5. The number of benzene rings is 2. The van der Waals surface area contributed by atoms with Crippen LogP contribution >= 0.6 is 0 Å². The minimum Gasteiger partial charge on any atom is -0.481 e. The number of carboxylic acid groups (broad SMARTS) is 1. The SMILES string of the molecule is CC(C)ONC(=O)C(CC(=O)O)NC(=O)OCC1c2ccccc2-c2ccccc21. The lowest BCUT2D eigenvalue weighted by molar-refractivity contribution is -0.145. The van der Waals surface area contributed by atoms with E-state index in [1.54, 1.807) is 13.8 Å².